The van der Waals surface area contributed by atoms with E-state index in [1.807, 2.05) is 91.9 Å². The lowest BCUT2D eigenvalue weighted by molar-refractivity contribution is -0.148. The van der Waals surface area contributed by atoms with Crippen LogP contribution in [0.2, 0.25) is 0 Å². The molecule has 52 heavy (non-hydrogen) atoms. The number of esters is 1. The van der Waals surface area contributed by atoms with Gasteiger partial charge >= 0.3 is 18.2 Å². The zero-order valence-electron chi connectivity index (χ0n) is 30.2. The summed E-state index contributed by atoms with van der Waals surface area (Å²) in [5.41, 5.74) is 1.48. The van der Waals surface area contributed by atoms with Crippen LogP contribution in [0.5, 0.6) is 0 Å². The number of aromatic nitrogens is 1. The average Bonchev–Trinajstić information content (AvgIpc) is 3.48. The van der Waals surface area contributed by atoms with Gasteiger partial charge in [0.25, 0.3) is 0 Å². The van der Waals surface area contributed by atoms with Gasteiger partial charge in [0.05, 0.1) is 36.9 Å². The molecular weight excluding hydrogens is 664 g/mol. The van der Waals surface area contributed by atoms with Crippen LogP contribution in [0.25, 0.3) is 10.9 Å². The lowest BCUT2D eigenvalue weighted by atomic mass is 9.93. The smallest absolute Gasteiger partial charge is 0.419 e. The number of benzene rings is 3. The molecule has 0 radical (unpaired) electrons. The zero-order chi connectivity index (χ0) is 37.1. The van der Waals surface area contributed by atoms with Crippen LogP contribution in [0.4, 0.5) is 9.59 Å². The highest BCUT2D eigenvalue weighted by molar-refractivity contribution is 5.93. The first-order valence-electron chi connectivity index (χ1n) is 17.6. The molecule has 1 aliphatic heterocycles. The molecule has 3 N–H and O–H groups in total. The summed E-state index contributed by atoms with van der Waals surface area (Å²) < 4.78 is 23.6. The van der Waals surface area contributed by atoms with Crippen molar-refractivity contribution in [3.05, 3.63) is 108 Å². The van der Waals surface area contributed by atoms with E-state index in [1.165, 1.54) is 4.57 Å². The summed E-state index contributed by atoms with van der Waals surface area (Å²) in [4.78, 5) is 53.7. The number of fused-ring (bicyclic) bond motifs is 1. The summed E-state index contributed by atoms with van der Waals surface area (Å²) in [6.45, 7) is 8.14. The third-order valence-corrected chi connectivity index (χ3v) is 8.48. The van der Waals surface area contributed by atoms with Crippen LogP contribution in [0.3, 0.4) is 0 Å². The largest absolute Gasteiger partial charge is 0.464 e. The molecule has 2 heterocycles. The Morgan fingerprint density at radius 3 is 2.13 bits per heavy atom. The Morgan fingerprint density at radius 1 is 0.846 bits per heavy atom. The fourth-order valence-corrected chi connectivity index (χ4v) is 5.89. The molecule has 2 amide bonds. The number of nitrogens with zero attached hydrogens (tertiary/aromatic N) is 1. The van der Waals surface area contributed by atoms with Crippen LogP contribution in [-0.4, -0.2) is 78.2 Å². The molecule has 4 aromatic rings. The lowest BCUT2D eigenvalue weighted by Gasteiger charge is -2.44. The molecule has 3 aromatic carbocycles. The van der Waals surface area contributed by atoms with Crippen molar-refractivity contribution in [3.63, 3.8) is 0 Å². The second-order valence-corrected chi connectivity index (χ2v) is 14.0. The van der Waals surface area contributed by atoms with Gasteiger partial charge in [0, 0.05) is 24.5 Å². The van der Waals surface area contributed by atoms with Gasteiger partial charge in [0.1, 0.15) is 18.2 Å². The third kappa shape index (κ3) is 10.4. The Balaban J connectivity index is 1.41. The molecule has 12 heteroatoms. The Kier molecular flexibility index (Phi) is 12.7. The molecule has 1 aromatic heterocycles. The lowest BCUT2D eigenvalue weighted by Crippen LogP contribution is -2.70. The van der Waals surface area contributed by atoms with Gasteiger partial charge in [-0.2, -0.15) is 0 Å². The molecule has 0 aliphatic carbocycles. The van der Waals surface area contributed by atoms with E-state index >= 15 is 0 Å². The topological polar surface area (TPSA) is 146 Å². The van der Waals surface area contributed by atoms with Gasteiger partial charge in [-0.15, -0.1) is 0 Å². The molecule has 12 nitrogen and oxygen atoms in total. The number of carbonyl (C=O) groups excluding carboxylic acids is 4. The molecule has 1 aliphatic rings. The summed E-state index contributed by atoms with van der Waals surface area (Å²) >= 11 is 0. The van der Waals surface area contributed by atoms with Crippen LogP contribution in [0.1, 0.15) is 50.8 Å². The Morgan fingerprint density at radius 2 is 1.50 bits per heavy atom. The van der Waals surface area contributed by atoms with Crippen molar-refractivity contribution in [3.8, 4) is 0 Å². The highest BCUT2D eigenvalue weighted by Gasteiger charge is 2.43. The van der Waals surface area contributed by atoms with Gasteiger partial charge in [-0.25, -0.2) is 14.4 Å². The predicted molar refractivity (Wildman–Crippen MR) is 196 cm³/mol. The van der Waals surface area contributed by atoms with Gasteiger partial charge in [0.2, 0.25) is 5.91 Å². The first-order chi connectivity index (χ1) is 24.9. The maximum absolute atomic E-state index is 14.4. The van der Waals surface area contributed by atoms with Crippen LogP contribution >= 0.6 is 0 Å². The number of carbonyl (C=O) groups is 4. The first kappa shape index (κ1) is 38.0. The van der Waals surface area contributed by atoms with Gasteiger partial charge < -0.3 is 29.6 Å². The van der Waals surface area contributed by atoms with Gasteiger partial charge in [-0.3, -0.25) is 14.7 Å². The normalized spacial score (nSPS) is 14.8. The number of ether oxygens (including phenoxy) is 4. The number of rotatable bonds is 15. The van der Waals surface area contributed by atoms with Crippen LogP contribution in [-0.2, 0) is 48.0 Å². The second-order valence-electron chi connectivity index (χ2n) is 14.0. The van der Waals surface area contributed by atoms with Crippen LogP contribution < -0.4 is 16.0 Å². The second kappa shape index (κ2) is 17.3. The van der Waals surface area contributed by atoms with Crippen molar-refractivity contribution in [2.24, 2.45) is 0 Å². The Labute approximate surface area is 304 Å². The van der Waals surface area contributed by atoms with E-state index in [0.717, 1.165) is 16.5 Å². The van der Waals surface area contributed by atoms with E-state index in [4.69, 9.17) is 18.9 Å². The number of alkyl carbamates (subject to hydrolysis) is 1. The molecule has 0 spiro atoms. The minimum absolute atomic E-state index is 0.104. The summed E-state index contributed by atoms with van der Waals surface area (Å²) in [6, 6.07) is 24.2. The molecular formula is C40H48N4O8. The van der Waals surface area contributed by atoms with Crippen molar-refractivity contribution >= 4 is 35.0 Å². The summed E-state index contributed by atoms with van der Waals surface area (Å²) in [5.74, 6) is -0.995. The van der Waals surface area contributed by atoms with Crippen molar-refractivity contribution < 1.29 is 38.1 Å². The van der Waals surface area contributed by atoms with Crippen molar-refractivity contribution in [2.45, 2.75) is 76.8 Å². The molecule has 1 saturated heterocycles. The quantitative estimate of drug-likeness (QED) is 0.110. The Bertz CT molecular complexity index is 1820. The Hall–Kier alpha value is -5.20. The van der Waals surface area contributed by atoms with Gasteiger partial charge in [-0.05, 0) is 56.4 Å². The van der Waals surface area contributed by atoms with Crippen LogP contribution in [0, 0.1) is 0 Å². The summed E-state index contributed by atoms with van der Waals surface area (Å²) in [5, 5.41) is 9.98. The van der Waals surface area contributed by atoms with E-state index < -0.39 is 47.3 Å². The zero-order valence-corrected chi connectivity index (χ0v) is 30.2. The van der Waals surface area contributed by atoms with E-state index in [-0.39, 0.29) is 45.8 Å². The molecule has 276 valence electrons. The highest BCUT2D eigenvalue weighted by atomic mass is 16.6. The van der Waals surface area contributed by atoms with Crippen molar-refractivity contribution in [1.29, 1.82) is 0 Å². The van der Waals surface area contributed by atoms with Gasteiger partial charge in [-0.1, -0.05) is 85.8 Å². The van der Waals surface area contributed by atoms with Gasteiger partial charge in [0.15, 0.2) is 0 Å². The fourth-order valence-electron chi connectivity index (χ4n) is 5.89. The number of hydrogen-bond donors (Lipinski definition) is 3. The van der Waals surface area contributed by atoms with E-state index in [1.54, 1.807) is 27.0 Å². The molecule has 0 saturated carbocycles. The highest BCUT2D eigenvalue weighted by Crippen LogP contribution is 2.26. The number of hydrogen-bond acceptors (Lipinski definition) is 9. The number of nitrogens with one attached hydrogen (secondary N) is 3. The maximum atomic E-state index is 14.4. The van der Waals surface area contributed by atoms with E-state index in [0.29, 0.717) is 17.5 Å². The third-order valence-electron chi connectivity index (χ3n) is 8.48. The average molecular weight is 713 g/mol. The maximum Gasteiger partial charge on any atom is 0.419 e. The molecule has 0 unspecified atom stereocenters. The molecule has 1 fully saturated rings. The van der Waals surface area contributed by atoms with E-state index in [9.17, 15) is 19.2 Å². The minimum Gasteiger partial charge on any atom is -0.464 e. The summed E-state index contributed by atoms with van der Waals surface area (Å²) in [6.07, 6.45) is 1.51. The predicted octanol–water partition coefficient (Wildman–Crippen LogP) is 5.30. The minimum atomic E-state index is -0.964. The van der Waals surface area contributed by atoms with Crippen molar-refractivity contribution in [1.82, 2.24) is 20.5 Å². The fraction of sp³-hybridized carbons (Fsp3) is 0.400. The first-order valence-corrected chi connectivity index (χ1v) is 17.6. The van der Waals surface area contributed by atoms with Crippen molar-refractivity contribution in [2.75, 3.05) is 26.4 Å². The molecule has 2 atom stereocenters. The number of para-hydroxylation sites is 1. The SMILES string of the molecule is CCCOC(=O)[C@H](Cc1ccccc1)NC(=O)[C@H](Cc1cn(C(=O)OC(C)(C)C)c2ccccc12)NC1(CNC(=O)OCc2ccccc2)COC1. The summed E-state index contributed by atoms with van der Waals surface area (Å²) in [7, 11) is 0. The molecule has 0 bridgehead atoms. The number of amides is 2. The standard InChI is InChI=1S/C40H48N4O8/c1-5-20-50-36(46)33(21-28-14-8-6-9-15-28)42-35(45)32(22-30-23-44(38(48)52-39(2,3)4)34-19-13-12-18-31(30)34)43-40(26-49-27-40)25-41-37(47)51-24-29-16-10-7-11-17-29/h6-19,23,32-33,43H,5,20-22,24-27H2,1-4H3,(H,41,47)(H,42,45)/t32-,33-/m0/s1. The van der Waals surface area contributed by atoms with E-state index in [2.05, 4.69) is 16.0 Å². The van der Waals surface area contributed by atoms with Crippen LogP contribution in [0.15, 0.2) is 91.1 Å². The molecule has 5 rings (SSSR count). The monoisotopic (exact) mass is 712 g/mol.